The van der Waals surface area contributed by atoms with Crippen LogP contribution in [0.5, 0.6) is 0 Å². The Balaban J connectivity index is 1.68. The molecule has 0 aromatic carbocycles. The molecule has 92 valence electrons. The molecule has 2 aliphatic carbocycles. The van der Waals surface area contributed by atoms with Gasteiger partial charge in [0.2, 0.25) is 0 Å². The van der Waals surface area contributed by atoms with E-state index in [1.54, 1.807) is 0 Å². The van der Waals surface area contributed by atoms with Crippen LogP contribution >= 0.6 is 0 Å². The third kappa shape index (κ3) is 3.12. The van der Waals surface area contributed by atoms with Crippen molar-refractivity contribution in [3.05, 3.63) is 11.1 Å². The first-order valence-corrected chi connectivity index (χ1v) is 7.62. The van der Waals surface area contributed by atoms with E-state index in [0.717, 1.165) is 5.92 Å². The SMILES string of the molecule is CCCCCCCC1CCCC1=C1CCC1. The average Bonchev–Trinajstić information content (AvgIpc) is 2.64. The van der Waals surface area contributed by atoms with Crippen LogP contribution < -0.4 is 0 Å². The fourth-order valence-electron chi connectivity index (χ4n) is 3.37. The standard InChI is InChI=1S/C16H28/c1-2-3-4-5-6-9-14-12-8-13-16(14)15-10-7-11-15/h14H,2-13H2,1H3. The van der Waals surface area contributed by atoms with Gasteiger partial charge in [0.15, 0.2) is 0 Å². The van der Waals surface area contributed by atoms with Crippen molar-refractivity contribution in [2.75, 3.05) is 0 Å². The Morgan fingerprint density at radius 3 is 2.44 bits per heavy atom. The molecule has 2 saturated carbocycles. The molecule has 0 N–H and O–H groups in total. The lowest BCUT2D eigenvalue weighted by Gasteiger charge is -2.23. The van der Waals surface area contributed by atoms with E-state index in [0.29, 0.717) is 0 Å². The van der Waals surface area contributed by atoms with Gasteiger partial charge < -0.3 is 0 Å². The molecule has 0 aliphatic heterocycles. The van der Waals surface area contributed by atoms with Gasteiger partial charge in [-0.1, -0.05) is 50.2 Å². The van der Waals surface area contributed by atoms with E-state index in [2.05, 4.69) is 6.92 Å². The van der Waals surface area contributed by atoms with E-state index in [9.17, 15) is 0 Å². The van der Waals surface area contributed by atoms with E-state index < -0.39 is 0 Å². The second-order valence-electron chi connectivity index (χ2n) is 5.77. The largest absolute Gasteiger partial charge is 0.0707 e. The van der Waals surface area contributed by atoms with Crippen molar-refractivity contribution in [1.82, 2.24) is 0 Å². The maximum absolute atomic E-state index is 2.30. The van der Waals surface area contributed by atoms with Crippen LogP contribution in [0.25, 0.3) is 0 Å². The molecule has 2 aliphatic rings. The quantitative estimate of drug-likeness (QED) is 0.402. The normalized spacial score (nSPS) is 24.9. The molecule has 0 amide bonds. The fraction of sp³-hybridized carbons (Fsp3) is 0.875. The van der Waals surface area contributed by atoms with E-state index in [4.69, 9.17) is 0 Å². The van der Waals surface area contributed by atoms with Gasteiger partial charge in [-0.15, -0.1) is 0 Å². The third-order valence-corrected chi connectivity index (χ3v) is 4.56. The van der Waals surface area contributed by atoms with Gasteiger partial charge >= 0.3 is 0 Å². The molecule has 0 aromatic heterocycles. The zero-order valence-electron chi connectivity index (χ0n) is 11.1. The van der Waals surface area contributed by atoms with Gasteiger partial charge in [-0.2, -0.15) is 0 Å². The molecule has 1 unspecified atom stereocenters. The van der Waals surface area contributed by atoms with Crippen LogP contribution in [0.2, 0.25) is 0 Å². The summed E-state index contributed by atoms with van der Waals surface area (Å²) in [7, 11) is 0. The summed E-state index contributed by atoms with van der Waals surface area (Å²) in [5.41, 5.74) is 3.79. The van der Waals surface area contributed by atoms with E-state index in [1.807, 2.05) is 11.1 Å². The summed E-state index contributed by atoms with van der Waals surface area (Å²) in [5, 5.41) is 0. The van der Waals surface area contributed by atoms with E-state index in [-0.39, 0.29) is 0 Å². The Labute approximate surface area is 102 Å². The molecule has 0 aromatic rings. The van der Waals surface area contributed by atoms with Crippen molar-refractivity contribution < 1.29 is 0 Å². The summed E-state index contributed by atoms with van der Waals surface area (Å²) in [6.07, 6.45) is 17.6. The van der Waals surface area contributed by atoms with Crippen molar-refractivity contribution in [1.29, 1.82) is 0 Å². The summed E-state index contributed by atoms with van der Waals surface area (Å²) in [6, 6.07) is 0. The lowest BCUT2D eigenvalue weighted by atomic mass is 9.82. The molecule has 2 rings (SSSR count). The molecule has 0 heteroatoms. The highest BCUT2D eigenvalue weighted by atomic mass is 14.3. The maximum atomic E-state index is 2.30. The molecular weight excluding hydrogens is 192 g/mol. The first-order chi connectivity index (χ1) is 7.92. The number of hydrogen-bond donors (Lipinski definition) is 0. The Bertz CT molecular complexity index is 230. The summed E-state index contributed by atoms with van der Waals surface area (Å²) in [5.74, 6) is 1.01. The number of hydrogen-bond acceptors (Lipinski definition) is 0. The monoisotopic (exact) mass is 220 g/mol. The average molecular weight is 220 g/mol. The molecular formula is C16H28. The van der Waals surface area contributed by atoms with Crippen molar-refractivity contribution in [2.24, 2.45) is 5.92 Å². The Morgan fingerprint density at radius 2 is 1.75 bits per heavy atom. The van der Waals surface area contributed by atoms with Crippen LogP contribution in [0.1, 0.15) is 84.0 Å². The van der Waals surface area contributed by atoms with Gasteiger partial charge in [-0.25, -0.2) is 0 Å². The first kappa shape index (κ1) is 12.2. The highest BCUT2D eigenvalue weighted by Crippen LogP contribution is 2.42. The minimum Gasteiger partial charge on any atom is -0.0707 e. The summed E-state index contributed by atoms with van der Waals surface area (Å²) >= 11 is 0. The predicted octanol–water partition coefficient (Wildman–Crippen LogP) is 5.63. The second kappa shape index (κ2) is 6.47. The molecule has 2 fully saturated rings. The summed E-state index contributed by atoms with van der Waals surface area (Å²) in [6.45, 7) is 2.30. The molecule has 0 bridgehead atoms. The lowest BCUT2D eigenvalue weighted by molar-refractivity contribution is 0.501. The maximum Gasteiger partial charge on any atom is -0.0200 e. The van der Waals surface area contributed by atoms with Crippen LogP contribution in [0.3, 0.4) is 0 Å². The summed E-state index contributed by atoms with van der Waals surface area (Å²) < 4.78 is 0. The Morgan fingerprint density at radius 1 is 0.938 bits per heavy atom. The van der Waals surface area contributed by atoms with Gasteiger partial charge in [0.05, 0.1) is 0 Å². The van der Waals surface area contributed by atoms with Crippen LogP contribution in [0.15, 0.2) is 11.1 Å². The van der Waals surface area contributed by atoms with E-state index in [1.165, 1.54) is 77.0 Å². The molecule has 0 heterocycles. The molecule has 16 heavy (non-hydrogen) atoms. The smallest absolute Gasteiger partial charge is 0.0200 e. The zero-order chi connectivity index (χ0) is 11.2. The topological polar surface area (TPSA) is 0 Å². The third-order valence-electron chi connectivity index (χ3n) is 4.56. The van der Waals surface area contributed by atoms with Crippen LogP contribution in [0.4, 0.5) is 0 Å². The second-order valence-corrected chi connectivity index (χ2v) is 5.77. The molecule has 0 spiro atoms. The van der Waals surface area contributed by atoms with Crippen LogP contribution in [-0.2, 0) is 0 Å². The Kier molecular flexibility index (Phi) is 4.93. The van der Waals surface area contributed by atoms with Gasteiger partial charge in [-0.3, -0.25) is 0 Å². The van der Waals surface area contributed by atoms with Crippen molar-refractivity contribution in [2.45, 2.75) is 84.0 Å². The van der Waals surface area contributed by atoms with Crippen LogP contribution in [-0.4, -0.2) is 0 Å². The first-order valence-electron chi connectivity index (χ1n) is 7.62. The highest BCUT2D eigenvalue weighted by Gasteiger charge is 2.25. The highest BCUT2D eigenvalue weighted by molar-refractivity contribution is 5.24. The van der Waals surface area contributed by atoms with Crippen LogP contribution in [0, 0.1) is 5.92 Å². The number of allylic oxidation sites excluding steroid dienone is 2. The van der Waals surface area contributed by atoms with Gasteiger partial charge in [-0.05, 0) is 50.9 Å². The zero-order valence-corrected chi connectivity index (χ0v) is 11.1. The molecule has 1 atom stereocenters. The molecule has 0 saturated heterocycles. The lowest BCUT2D eigenvalue weighted by Crippen LogP contribution is -2.06. The van der Waals surface area contributed by atoms with E-state index >= 15 is 0 Å². The number of unbranched alkanes of at least 4 members (excludes halogenated alkanes) is 4. The van der Waals surface area contributed by atoms with Crippen molar-refractivity contribution in [3.63, 3.8) is 0 Å². The summed E-state index contributed by atoms with van der Waals surface area (Å²) in [4.78, 5) is 0. The predicted molar refractivity (Wildman–Crippen MR) is 71.6 cm³/mol. The van der Waals surface area contributed by atoms with Crippen molar-refractivity contribution >= 4 is 0 Å². The van der Waals surface area contributed by atoms with Gasteiger partial charge in [0, 0.05) is 0 Å². The molecule has 0 radical (unpaired) electrons. The van der Waals surface area contributed by atoms with Crippen molar-refractivity contribution in [3.8, 4) is 0 Å². The van der Waals surface area contributed by atoms with Gasteiger partial charge in [0.1, 0.15) is 0 Å². The minimum absolute atomic E-state index is 1.01. The minimum atomic E-state index is 1.01. The fourth-order valence-corrected chi connectivity index (χ4v) is 3.37. The number of rotatable bonds is 6. The Hall–Kier alpha value is -0.260. The molecule has 0 nitrogen and oxygen atoms in total. The van der Waals surface area contributed by atoms with Gasteiger partial charge in [0.25, 0.3) is 0 Å².